The highest BCUT2D eigenvalue weighted by molar-refractivity contribution is 7.90. The summed E-state index contributed by atoms with van der Waals surface area (Å²) in [5, 5.41) is 12.1. The maximum atomic E-state index is 13.5. The van der Waals surface area contributed by atoms with Gasteiger partial charge < -0.3 is 9.30 Å². The lowest BCUT2D eigenvalue weighted by atomic mass is 10.00. The van der Waals surface area contributed by atoms with Crippen LogP contribution in [0.2, 0.25) is 0 Å². The maximum Gasteiger partial charge on any atom is 0.275 e. The Kier molecular flexibility index (Phi) is 5.71. The van der Waals surface area contributed by atoms with Gasteiger partial charge in [0.25, 0.3) is 21.3 Å². The molecule has 1 aliphatic rings. The number of rotatable bonds is 7. The summed E-state index contributed by atoms with van der Waals surface area (Å²) in [4.78, 5) is 24.5. The van der Waals surface area contributed by atoms with Crippen molar-refractivity contribution in [3.63, 3.8) is 0 Å². The molecule has 0 bridgehead atoms. The van der Waals surface area contributed by atoms with Crippen LogP contribution in [0.25, 0.3) is 22.0 Å². The van der Waals surface area contributed by atoms with E-state index in [0.29, 0.717) is 40.4 Å². The first kappa shape index (κ1) is 23.8. The van der Waals surface area contributed by atoms with Gasteiger partial charge in [0, 0.05) is 47.6 Å². The second-order valence-electron chi connectivity index (χ2n) is 9.30. The fourth-order valence-corrected chi connectivity index (χ4v) is 5.60. The zero-order valence-electron chi connectivity index (χ0n) is 20.1. The fourth-order valence-electron chi connectivity index (χ4n) is 4.26. The van der Waals surface area contributed by atoms with Crippen molar-refractivity contribution < 1.29 is 18.1 Å². The molecule has 0 amide bonds. The Hall–Kier alpha value is -3.92. The molecule has 5 rings (SSSR count). The summed E-state index contributed by atoms with van der Waals surface area (Å²) in [7, 11) is -2.54. The normalized spacial score (nSPS) is 13.8. The lowest BCUT2D eigenvalue weighted by molar-refractivity contribution is -0.385. The third-order valence-corrected chi connectivity index (χ3v) is 8.21. The average molecular weight is 508 g/mol. The van der Waals surface area contributed by atoms with Gasteiger partial charge in [-0.15, -0.1) is 0 Å². The Morgan fingerprint density at radius 2 is 1.78 bits per heavy atom. The predicted molar refractivity (Wildman–Crippen MR) is 136 cm³/mol. The third-order valence-electron chi connectivity index (χ3n) is 6.52. The van der Waals surface area contributed by atoms with Gasteiger partial charge in [0.1, 0.15) is 11.3 Å². The number of nitrogens with zero attached hydrogens (tertiary/aromatic N) is 3. The van der Waals surface area contributed by atoms with Gasteiger partial charge in [0.15, 0.2) is 0 Å². The van der Waals surface area contributed by atoms with E-state index >= 15 is 0 Å². The highest BCUT2D eigenvalue weighted by Crippen LogP contribution is 2.40. The van der Waals surface area contributed by atoms with Crippen LogP contribution in [0.3, 0.4) is 0 Å². The van der Waals surface area contributed by atoms with E-state index in [9.17, 15) is 23.3 Å². The SMILES string of the molecule is Cc1ccc(S(=O)(=O)n2ccc3c(-c4cc([N+](=O)[O-])c(C)cc4OCC4CC4)cn(C)c(=O)c32)cc1. The van der Waals surface area contributed by atoms with Crippen molar-refractivity contribution >= 4 is 26.6 Å². The summed E-state index contributed by atoms with van der Waals surface area (Å²) in [5.74, 6) is 0.910. The summed E-state index contributed by atoms with van der Waals surface area (Å²) < 4.78 is 35.3. The molecule has 36 heavy (non-hydrogen) atoms. The van der Waals surface area contributed by atoms with Crippen molar-refractivity contribution in [2.45, 2.75) is 31.6 Å². The van der Waals surface area contributed by atoms with Crippen LogP contribution in [0.1, 0.15) is 24.0 Å². The monoisotopic (exact) mass is 507 g/mol. The van der Waals surface area contributed by atoms with Crippen LogP contribution in [0, 0.1) is 29.9 Å². The van der Waals surface area contributed by atoms with Gasteiger partial charge >= 0.3 is 0 Å². The molecule has 4 aromatic rings. The molecular formula is C26H25N3O6S. The van der Waals surface area contributed by atoms with Crippen molar-refractivity contribution in [1.29, 1.82) is 0 Å². The fraction of sp³-hybridized carbons (Fsp3) is 0.269. The van der Waals surface area contributed by atoms with E-state index in [1.165, 1.54) is 36.0 Å². The van der Waals surface area contributed by atoms with Crippen molar-refractivity contribution in [3.05, 3.63) is 86.5 Å². The maximum absolute atomic E-state index is 13.5. The van der Waals surface area contributed by atoms with Gasteiger partial charge in [-0.25, -0.2) is 12.4 Å². The molecule has 0 unspecified atom stereocenters. The molecule has 0 spiro atoms. The molecular weight excluding hydrogens is 482 g/mol. The Morgan fingerprint density at radius 3 is 2.42 bits per heavy atom. The Bertz CT molecular complexity index is 1680. The zero-order valence-corrected chi connectivity index (χ0v) is 20.9. The molecule has 1 aliphatic carbocycles. The van der Waals surface area contributed by atoms with E-state index in [1.807, 2.05) is 6.92 Å². The summed E-state index contributed by atoms with van der Waals surface area (Å²) >= 11 is 0. The molecule has 0 saturated heterocycles. The summed E-state index contributed by atoms with van der Waals surface area (Å²) in [6.45, 7) is 3.99. The molecule has 2 aromatic heterocycles. The van der Waals surface area contributed by atoms with Gasteiger partial charge in [0.05, 0.1) is 16.4 Å². The lowest BCUT2D eigenvalue weighted by Gasteiger charge is -2.15. The number of hydrogen-bond donors (Lipinski definition) is 0. The molecule has 0 aliphatic heterocycles. The van der Waals surface area contributed by atoms with Crippen LogP contribution in [0.4, 0.5) is 5.69 Å². The Balaban J connectivity index is 1.76. The van der Waals surface area contributed by atoms with Crippen molar-refractivity contribution in [2.75, 3.05) is 6.61 Å². The van der Waals surface area contributed by atoms with Crippen LogP contribution >= 0.6 is 0 Å². The number of nitro benzene ring substituents is 1. The highest BCUT2D eigenvalue weighted by atomic mass is 32.2. The molecule has 0 N–H and O–H groups in total. The number of nitro groups is 1. The van der Waals surface area contributed by atoms with E-state index in [1.54, 1.807) is 37.4 Å². The minimum atomic E-state index is -4.06. The van der Waals surface area contributed by atoms with Crippen molar-refractivity contribution in [2.24, 2.45) is 13.0 Å². The van der Waals surface area contributed by atoms with Gasteiger partial charge in [-0.3, -0.25) is 14.9 Å². The van der Waals surface area contributed by atoms with Gasteiger partial charge in [-0.05, 0) is 56.9 Å². The first-order valence-corrected chi connectivity index (χ1v) is 13.0. The second kappa shape index (κ2) is 8.63. The molecule has 0 atom stereocenters. The summed E-state index contributed by atoms with van der Waals surface area (Å²) in [6, 6.07) is 11.0. The number of ether oxygens (including phenoxy) is 1. The Labute approximate surface area is 207 Å². The topological polar surface area (TPSA) is 113 Å². The number of aryl methyl sites for hydroxylation is 3. The molecule has 0 radical (unpaired) electrons. The average Bonchev–Trinajstić information content (AvgIpc) is 3.55. The number of hydrogen-bond acceptors (Lipinski definition) is 6. The lowest BCUT2D eigenvalue weighted by Crippen LogP contribution is -2.22. The van der Waals surface area contributed by atoms with Crippen LogP contribution < -0.4 is 10.3 Å². The van der Waals surface area contributed by atoms with Gasteiger partial charge in [0.2, 0.25) is 0 Å². The van der Waals surface area contributed by atoms with Crippen LogP contribution in [-0.2, 0) is 17.1 Å². The van der Waals surface area contributed by atoms with E-state index in [4.69, 9.17) is 4.74 Å². The van der Waals surface area contributed by atoms with Crippen molar-refractivity contribution in [3.8, 4) is 16.9 Å². The van der Waals surface area contributed by atoms with E-state index in [0.717, 1.165) is 22.4 Å². The molecule has 1 saturated carbocycles. The Morgan fingerprint density at radius 1 is 1.08 bits per heavy atom. The standard InChI is InChI=1S/C26H25N3O6S/c1-16-4-8-19(9-5-16)36(33,34)28-11-10-20-22(14-27(3)26(30)25(20)28)21-13-23(29(31)32)17(2)12-24(21)35-15-18-6-7-18/h4-5,8-14,18H,6-7,15H2,1-3H3. The van der Waals surface area contributed by atoms with Gasteiger partial charge in [-0.2, -0.15) is 0 Å². The molecule has 2 aromatic carbocycles. The second-order valence-corrected chi connectivity index (χ2v) is 11.1. The summed E-state index contributed by atoms with van der Waals surface area (Å²) in [5.41, 5.74) is 1.64. The number of aromatic nitrogens is 2. The number of pyridine rings is 1. The molecule has 10 heteroatoms. The zero-order chi connectivity index (χ0) is 25.8. The van der Waals surface area contributed by atoms with E-state index in [-0.39, 0.29) is 16.1 Å². The minimum Gasteiger partial charge on any atom is -0.493 e. The quantitative estimate of drug-likeness (QED) is 0.268. The third kappa shape index (κ3) is 4.07. The molecule has 186 valence electrons. The minimum absolute atomic E-state index is 0.0352. The number of fused-ring (bicyclic) bond motifs is 1. The molecule has 2 heterocycles. The predicted octanol–water partition coefficient (Wildman–Crippen LogP) is 4.56. The smallest absolute Gasteiger partial charge is 0.275 e. The molecule has 9 nitrogen and oxygen atoms in total. The van der Waals surface area contributed by atoms with Gasteiger partial charge in [-0.1, -0.05) is 17.7 Å². The largest absolute Gasteiger partial charge is 0.493 e. The van der Waals surface area contributed by atoms with E-state index < -0.39 is 20.5 Å². The summed E-state index contributed by atoms with van der Waals surface area (Å²) in [6.07, 6.45) is 5.06. The van der Waals surface area contributed by atoms with Crippen LogP contribution in [-0.4, -0.2) is 28.5 Å². The first-order chi connectivity index (χ1) is 17.1. The highest BCUT2D eigenvalue weighted by Gasteiger charge is 2.27. The number of benzene rings is 2. The van der Waals surface area contributed by atoms with Crippen molar-refractivity contribution in [1.82, 2.24) is 8.54 Å². The first-order valence-electron chi connectivity index (χ1n) is 11.5. The van der Waals surface area contributed by atoms with Crippen LogP contribution in [0.5, 0.6) is 5.75 Å². The molecule has 1 fully saturated rings. The van der Waals surface area contributed by atoms with E-state index in [2.05, 4.69) is 0 Å². The van der Waals surface area contributed by atoms with Crippen LogP contribution in [0.15, 0.2) is 64.5 Å².